The number of hydrogen-bond donors (Lipinski definition) is 2. The fraction of sp³-hybridized carbons (Fsp3) is 0.182. The minimum Gasteiger partial charge on any atom is -0.508 e. The SMILES string of the molecule is COP(=O)(OC)C(Nc1ccc2c(c1)Cc1ccccc1-2)c1ccc(O)cc1. The maximum atomic E-state index is 13.2. The second-order valence-electron chi connectivity index (χ2n) is 6.75. The summed E-state index contributed by atoms with van der Waals surface area (Å²) in [6, 6.07) is 21.1. The Bertz CT molecular complexity index is 1040. The molecule has 0 bridgehead atoms. The Hall–Kier alpha value is -2.59. The predicted octanol–water partition coefficient (Wildman–Crippen LogP) is 5.56. The van der Waals surface area contributed by atoms with Crippen molar-refractivity contribution in [1.82, 2.24) is 0 Å². The van der Waals surface area contributed by atoms with E-state index in [1.807, 2.05) is 12.1 Å². The number of benzene rings is 3. The van der Waals surface area contributed by atoms with Gasteiger partial charge in [0.1, 0.15) is 5.75 Å². The molecule has 3 aromatic rings. The Morgan fingerprint density at radius 1 is 0.929 bits per heavy atom. The van der Waals surface area contributed by atoms with Crippen molar-refractivity contribution in [3.8, 4) is 16.9 Å². The molecule has 0 heterocycles. The van der Waals surface area contributed by atoms with E-state index < -0.39 is 13.4 Å². The molecule has 6 heteroatoms. The van der Waals surface area contributed by atoms with Crippen molar-refractivity contribution in [1.29, 1.82) is 0 Å². The van der Waals surface area contributed by atoms with Gasteiger partial charge in [0.2, 0.25) is 0 Å². The van der Waals surface area contributed by atoms with Crippen LogP contribution in [0, 0.1) is 0 Å². The first kappa shape index (κ1) is 18.8. The maximum Gasteiger partial charge on any atom is 0.356 e. The van der Waals surface area contributed by atoms with E-state index in [1.165, 1.54) is 36.5 Å². The average Bonchev–Trinajstić information content (AvgIpc) is 3.10. The molecule has 5 nitrogen and oxygen atoms in total. The molecule has 1 aliphatic carbocycles. The van der Waals surface area contributed by atoms with E-state index in [9.17, 15) is 9.67 Å². The van der Waals surface area contributed by atoms with Crippen LogP contribution in [0.3, 0.4) is 0 Å². The molecule has 1 aliphatic rings. The molecule has 0 fully saturated rings. The number of hydrogen-bond acceptors (Lipinski definition) is 5. The molecule has 3 aromatic carbocycles. The molecule has 1 atom stereocenters. The van der Waals surface area contributed by atoms with Crippen LogP contribution in [0.1, 0.15) is 22.5 Å². The van der Waals surface area contributed by atoms with Crippen LogP contribution in [-0.4, -0.2) is 19.3 Å². The van der Waals surface area contributed by atoms with Crippen molar-refractivity contribution in [2.24, 2.45) is 0 Å². The van der Waals surface area contributed by atoms with Crippen LogP contribution >= 0.6 is 7.60 Å². The second-order valence-corrected chi connectivity index (χ2v) is 9.08. The molecule has 1 unspecified atom stereocenters. The van der Waals surface area contributed by atoms with Crippen molar-refractivity contribution >= 4 is 13.3 Å². The smallest absolute Gasteiger partial charge is 0.356 e. The average molecular weight is 395 g/mol. The monoisotopic (exact) mass is 395 g/mol. The molecular formula is C22H22NO4P. The van der Waals surface area contributed by atoms with Gasteiger partial charge in [-0.3, -0.25) is 4.57 Å². The third kappa shape index (κ3) is 3.33. The summed E-state index contributed by atoms with van der Waals surface area (Å²) in [6.45, 7) is 0. The highest BCUT2D eigenvalue weighted by Crippen LogP contribution is 2.59. The summed E-state index contributed by atoms with van der Waals surface area (Å²) in [4.78, 5) is 0. The van der Waals surface area contributed by atoms with Crippen LogP contribution in [0.4, 0.5) is 5.69 Å². The normalized spacial score (nSPS) is 13.6. The Kier molecular flexibility index (Phi) is 4.98. The summed E-state index contributed by atoms with van der Waals surface area (Å²) in [5, 5.41) is 12.9. The van der Waals surface area contributed by atoms with E-state index in [1.54, 1.807) is 24.3 Å². The van der Waals surface area contributed by atoms with E-state index in [0.29, 0.717) is 5.56 Å². The predicted molar refractivity (Wildman–Crippen MR) is 111 cm³/mol. The number of phenols is 1. The summed E-state index contributed by atoms with van der Waals surface area (Å²) in [6.07, 6.45) is 0.872. The summed E-state index contributed by atoms with van der Waals surface area (Å²) in [5.41, 5.74) is 6.56. The Morgan fingerprint density at radius 2 is 1.61 bits per heavy atom. The largest absolute Gasteiger partial charge is 0.508 e. The first-order valence-corrected chi connectivity index (χ1v) is 10.6. The Balaban J connectivity index is 1.69. The number of rotatable bonds is 6. The van der Waals surface area contributed by atoms with E-state index in [0.717, 1.165) is 12.1 Å². The molecule has 0 aromatic heterocycles. The third-order valence-electron chi connectivity index (χ3n) is 5.13. The molecule has 0 spiro atoms. The summed E-state index contributed by atoms with van der Waals surface area (Å²) in [5.74, 6) is -0.563. The first-order valence-electron chi connectivity index (χ1n) is 9.02. The molecule has 0 aliphatic heterocycles. The van der Waals surface area contributed by atoms with Crippen LogP contribution in [-0.2, 0) is 20.0 Å². The number of anilines is 1. The molecule has 144 valence electrons. The van der Waals surface area contributed by atoms with Crippen LogP contribution in [0.2, 0.25) is 0 Å². The van der Waals surface area contributed by atoms with Gasteiger partial charge in [-0.05, 0) is 58.5 Å². The lowest BCUT2D eigenvalue weighted by Crippen LogP contribution is -2.13. The number of nitrogens with one attached hydrogen (secondary N) is 1. The van der Waals surface area contributed by atoms with Gasteiger partial charge in [-0.15, -0.1) is 0 Å². The molecule has 4 rings (SSSR count). The van der Waals surface area contributed by atoms with Crippen molar-refractivity contribution in [2.75, 3.05) is 19.5 Å². The highest BCUT2D eigenvalue weighted by molar-refractivity contribution is 7.54. The lowest BCUT2D eigenvalue weighted by molar-refractivity contribution is 0.268. The second kappa shape index (κ2) is 7.44. The van der Waals surface area contributed by atoms with E-state index in [4.69, 9.17) is 9.05 Å². The van der Waals surface area contributed by atoms with Gasteiger partial charge in [0, 0.05) is 19.9 Å². The van der Waals surface area contributed by atoms with Gasteiger partial charge in [-0.1, -0.05) is 42.5 Å². The topological polar surface area (TPSA) is 67.8 Å². The molecule has 0 saturated carbocycles. The number of fused-ring (bicyclic) bond motifs is 3. The summed E-state index contributed by atoms with van der Waals surface area (Å²) in [7, 11) is -0.717. The van der Waals surface area contributed by atoms with Gasteiger partial charge in [0.05, 0.1) is 0 Å². The van der Waals surface area contributed by atoms with E-state index in [-0.39, 0.29) is 5.75 Å². The highest BCUT2D eigenvalue weighted by Gasteiger charge is 2.35. The molecule has 0 amide bonds. The summed E-state index contributed by atoms with van der Waals surface area (Å²) < 4.78 is 23.7. The quantitative estimate of drug-likeness (QED) is 0.418. The van der Waals surface area contributed by atoms with Crippen LogP contribution in [0.25, 0.3) is 11.1 Å². The van der Waals surface area contributed by atoms with Gasteiger partial charge < -0.3 is 19.5 Å². The fourth-order valence-electron chi connectivity index (χ4n) is 3.68. The van der Waals surface area contributed by atoms with Gasteiger partial charge in [0.15, 0.2) is 5.78 Å². The molecule has 0 radical (unpaired) electrons. The van der Waals surface area contributed by atoms with Crippen LogP contribution < -0.4 is 5.32 Å². The minimum atomic E-state index is -3.46. The van der Waals surface area contributed by atoms with Gasteiger partial charge in [-0.25, -0.2) is 0 Å². The molecular weight excluding hydrogens is 373 g/mol. The Labute approximate surface area is 164 Å². The van der Waals surface area contributed by atoms with Crippen molar-refractivity contribution < 1.29 is 18.7 Å². The molecule has 2 N–H and O–H groups in total. The van der Waals surface area contributed by atoms with Crippen molar-refractivity contribution in [2.45, 2.75) is 12.2 Å². The van der Waals surface area contributed by atoms with Gasteiger partial charge in [0.25, 0.3) is 0 Å². The number of phenolic OH excluding ortho intramolecular Hbond substituents is 1. The van der Waals surface area contributed by atoms with Gasteiger partial charge in [-0.2, -0.15) is 0 Å². The van der Waals surface area contributed by atoms with E-state index in [2.05, 4.69) is 35.6 Å². The minimum absolute atomic E-state index is 0.141. The molecule has 0 saturated heterocycles. The third-order valence-corrected chi connectivity index (χ3v) is 7.21. The zero-order chi connectivity index (χ0) is 19.7. The highest BCUT2D eigenvalue weighted by atomic mass is 31.2. The lowest BCUT2D eigenvalue weighted by atomic mass is 10.1. The van der Waals surface area contributed by atoms with E-state index >= 15 is 0 Å². The van der Waals surface area contributed by atoms with Crippen LogP contribution in [0.5, 0.6) is 5.75 Å². The standard InChI is InChI=1S/C22H22NO4P/c1-26-28(25,27-2)22(15-7-10-19(24)11-8-15)23-18-9-12-21-17(14-18)13-16-5-3-4-6-20(16)21/h3-12,14,22-24H,13H2,1-2H3. The summed E-state index contributed by atoms with van der Waals surface area (Å²) >= 11 is 0. The fourth-order valence-corrected chi connectivity index (χ4v) is 5.09. The lowest BCUT2D eigenvalue weighted by Gasteiger charge is -2.26. The number of aromatic hydroxyl groups is 1. The first-order chi connectivity index (χ1) is 13.5. The van der Waals surface area contributed by atoms with Crippen molar-refractivity contribution in [3.05, 3.63) is 83.4 Å². The zero-order valence-corrected chi connectivity index (χ0v) is 16.6. The van der Waals surface area contributed by atoms with Crippen LogP contribution in [0.15, 0.2) is 66.7 Å². The zero-order valence-electron chi connectivity index (χ0n) is 15.8. The molecule has 28 heavy (non-hydrogen) atoms. The Morgan fingerprint density at radius 3 is 2.32 bits per heavy atom. The van der Waals surface area contributed by atoms with Crippen molar-refractivity contribution in [3.63, 3.8) is 0 Å². The van der Waals surface area contributed by atoms with Gasteiger partial charge >= 0.3 is 7.60 Å². The maximum absolute atomic E-state index is 13.2.